The van der Waals surface area contributed by atoms with Gasteiger partial charge in [-0.05, 0) is 23.6 Å². The van der Waals surface area contributed by atoms with Crippen LogP contribution in [0.4, 0.5) is 5.69 Å². The number of piperazine rings is 1. The highest BCUT2D eigenvalue weighted by atomic mass is 32.1. The summed E-state index contributed by atoms with van der Waals surface area (Å²) in [6.45, 7) is 0.985. The molecule has 0 radical (unpaired) electrons. The van der Waals surface area contributed by atoms with E-state index < -0.39 is 6.04 Å². The topological polar surface area (TPSA) is 69.7 Å². The molecule has 122 valence electrons. The van der Waals surface area contributed by atoms with Crippen molar-refractivity contribution in [3.8, 4) is 0 Å². The van der Waals surface area contributed by atoms with Crippen LogP contribution in [0.25, 0.3) is 0 Å². The Morgan fingerprint density at radius 1 is 1.12 bits per heavy atom. The molecule has 2 aliphatic heterocycles. The van der Waals surface area contributed by atoms with Gasteiger partial charge in [0.2, 0.25) is 5.91 Å². The van der Waals surface area contributed by atoms with Gasteiger partial charge in [-0.25, -0.2) is 0 Å². The number of thiophene rings is 1. The van der Waals surface area contributed by atoms with Gasteiger partial charge in [0.25, 0.3) is 11.8 Å². The smallest absolute Gasteiger partial charge is 0.264 e. The zero-order chi connectivity index (χ0) is 16.7. The maximum atomic E-state index is 12.8. The van der Waals surface area contributed by atoms with Crippen molar-refractivity contribution in [2.75, 3.05) is 25.0 Å². The quantitative estimate of drug-likeness (QED) is 0.858. The van der Waals surface area contributed by atoms with Crippen molar-refractivity contribution in [2.24, 2.45) is 0 Å². The highest BCUT2D eigenvalue weighted by molar-refractivity contribution is 7.12. The molecule has 3 heterocycles. The van der Waals surface area contributed by atoms with Gasteiger partial charge in [0.1, 0.15) is 6.04 Å². The molecule has 1 N–H and O–H groups in total. The van der Waals surface area contributed by atoms with Gasteiger partial charge >= 0.3 is 0 Å². The molecule has 0 bridgehead atoms. The molecule has 0 saturated carbocycles. The summed E-state index contributed by atoms with van der Waals surface area (Å²) in [5.41, 5.74) is 1.02. The second-order valence-electron chi connectivity index (χ2n) is 5.78. The van der Waals surface area contributed by atoms with E-state index >= 15 is 0 Å². The van der Waals surface area contributed by atoms with E-state index in [0.717, 1.165) is 0 Å². The zero-order valence-corrected chi connectivity index (χ0v) is 13.6. The highest BCUT2D eigenvalue weighted by Crippen LogP contribution is 2.26. The maximum absolute atomic E-state index is 12.8. The molecule has 6 nitrogen and oxygen atoms in total. The van der Waals surface area contributed by atoms with Crippen LogP contribution in [0.5, 0.6) is 0 Å². The molecular weight excluding hydrogens is 326 g/mol. The van der Waals surface area contributed by atoms with Crippen LogP contribution in [-0.4, -0.2) is 53.2 Å². The Bertz CT molecular complexity index is 818. The molecule has 1 saturated heterocycles. The summed E-state index contributed by atoms with van der Waals surface area (Å²) in [6.07, 6.45) is 0. The summed E-state index contributed by atoms with van der Waals surface area (Å²) < 4.78 is 0. The number of anilines is 1. The van der Waals surface area contributed by atoms with Crippen molar-refractivity contribution in [3.63, 3.8) is 0 Å². The van der Waals surface area contributed by atoms with Gasteiger partial charge in [-0.2, -0.15) is 0 Å². The molecule has 2 aliphatic rings. The summed E-state index contributed by atoms with van der Waals surface area (Å²) in [6, 6.07) is 9.92. The highest BCUT2D eigenvalue weighted by Gasteiger charge is 2.40. The maximum Gasteiger partial charge on any atom is 0.264 e. The largest absolute Gasteiger partial charge is 0.334 e. The van der Waals surface area contributed by atoms with Crippen molar-refractivity contribution >= 4 is 34.7 Å². The number of nitrogens with zero attached hydrogens (tertiary/aromatic N) is 2. The Labute approximate surface area is 142 Å². The molecule has 1 unspecified atom stereocenters. The minimum absolute atomic E-state index is 0.0911. The number of benzene rings is 1. The van der Waals surface area contributed by atoms with Crippen LogP contribution in [0.15, 0.2) is 41.8 Å². The second kappa shape index (κ2) is 5.76. The summed E-state index contributed by atoms with van der Waals surface area (Å²) in [4.78, 5) is 41.7. The number of carbonyl (C=O) groups is 3. The summed E-state index contributed by atoms with van der Waals surface area (Å²) in [5, 5.41) is 4.66. The molecule has 24 heavy (non-hydrogen) atoms. The fourth-order valence-electron chi connectivity index (χ4n) is 3.14. The summed E-state index contributed by atoms with van der Waals surface area (Å²) in [7, 11) is 0. The lowest BCUT2D eigenvalue weighted by molar-refractivity contribution is -0.121. The third-order valence-electron chi connectivity index (χ3n) is 4.38. The predicted octanol–water partition coefficient (Wildman–Crippen LogP) is 1.67. The van der Waals surface area contributed by atoms with Gasteiger partial charge in [-0.15, -0.1) is 11.3 Å². The first-order valence-corrected chi connectivity index (χ1v) is 8.57. The average Bonchev–Trinajstić information content (AvgIpc) is 3.12. The fourth-order valence-corrected chi connectivity index (χ4v) is 3.83. The van der Waals surface area contributed by atoms with Crippen LogP contribution in [0.3, 0.4) is 0 Å². The SMILES string of the molecule is O=C1Nc2ccccc2C(=O)N2CCN(C(=O)c3cccs3)CC12. The van der Waals surface area contributed by atoms with Gasteiger partial charge in [0.15, 0.2) is 0 Å². The van der Waals surface area contributed by atoms with Crippen LogP contribution in [0.1, 0.15) is 20.0 Å². The fraction of sp³-hybridized carbons (Fsp3) is 0.235. The Kier molecular flexibility index (Phi) is 3.57. The number of hydrogen-bond donors (Lipinski definition) is 1. The number of hydrogen-bond acceptors (Lipinski definition) is 4. The lowest BCUT2D eigenvalue weighted by Gasteiger charge is -2.39. The molecule has 4 rings (SSSR count). The molecule has 1 aromatic carbocycles. The van der Waals surface area contributed by atoms with Crippen molar-refractivity contribution in [1.82, 2.24) is 9.80 Å². The number of carbonyl (C=O) groups excluding carboxylic acids is 3. The van der Waals surface area contributed by atoms with Crippen molar-refractivity contribution in [1.29, 1.82) is 0 Å². The number of nitrogens with one attached hydrogen (secondary N) is 1. The Balaban J connectivity index is 1.62. The van der Waals surface area contributed by atoms with Gasteiger partial charge in [0, 0.05) is 13.1 Å². The number of para-hydroxylation sites is 1. The third kappa shape index (κ3) is 2.37. The molecule has 0 spiro atoms. The van der Waals surface area contributed by atoms with E-state index in [2.05, 4.69) is 5.32 Å². The van der Waals surface area contributed by atoms with E-state index in [4.69, 9.17) is 0 Å². The van der Waals surface area contributed by atoms with E-state index in [0.29, 0.717) is 29.2 Å². The van der Waals surface area contributed by atoms with E-state index in [1.807, 2.05) is 11.4 Å². The van der Waals surface area contributed by atoms with E-state index in [1.165, 1.54) is 11.3 Å². The normalized spacial score (nSPS) is 20.1. The lowest BCUT2D eigenvalue weighted by Crippen LogP contribution is -2.59. The molecular formula is C17H15N3O3S. The van der Waals surface area contributed by atoms with Crippen molar-refractivity contribution in [2.45, 2.75) is 6.04 Å². The molecule has 3 amide bonds. The molecule has 1 atom stereocenters. The first-order valence-electron chi connectivity index (χ1n) is 7.69. The Hall–Kier alpha value is -2.67. The minimum atomic E-state index is -0.664. The minimum Gasteiger partial charge on any atom is -0.334 e. The van der Waals surface area contributed by atoms with Crippen LogP contribution >= 0.6 is 11.3 Å². The number of fused-ring (bicyclic) bond motifs is 2. The van der Waals surface area contributed by atoms with Crippen LogP contribution < -0.4 is 5.32 Å². The Morgan fingerprint density at radius 3 is 2.75 bits per heavy atom. The predicted molar refractivity (Wildman–Crippen MR) is 90.1 cm³/mol. The van der Waals surface area contributed by atoms with Crippen LogP contribution in [0, 0.1) is 0 Å². The number of amides is 3. The van der Waals surface area contributed by atoms with Gasteiger partial charge in [0.05, 0.1) is 22.7 Å². The lowest BCUT2D eigenvalue weighted by atomic mass is 10.1. The molecule has 1 fully saturated rings. The monoisotopic (exact) mass is 341 g/mol. The molecule has 7 heteroatoms. The molecule has 1 aromatic heterocycles. The average molecular weight is 341 g/mol. The van der Waals surface area contributed by atoms with Crippen LogP contribution in [0.2, 0.25) is 0 Å². The zero-order valence-electron chi connectivity index (χ0n) is 12.8. The summed E-state index contributed by atoms with van der Waals surface area (Å²) in [5.74, 6) is -0.513. The van der Waals surface area contributed by atoms with Gasteiger partial charge in [-0.1, -0.05) is 18.2 Å². The van der Waals surface area contributed by atoms with E-state index in [9.17, 15) is 14.4 Å². The van der Waals surface area contributed by atoms with Gasteiger partial charge in [-0.3, -0.25) is 14.4 Å². The molecule has 0 aliphatic carbocycles. The van der Waals surface area contributed by atoms with Crippen LogP contribution in [-0.2, 0) is 4.79 Å². The molecule has 2 aromatic rings. The van der Waals surface area contributed by atoms with E-state index in [-0.39, 0.29) is 24.3 Å². The van der Waals surface area contributed by atoms with E-state index in [1.54, 1.807) is 40.1 Å². The second-order valence-corrected chi connectivity index (χ2v) is 6.73. The first-order chi connectivity index (χ1) is 11.6. The number of rotatable bonds is 1. The Morgan fingerprint density at radius 2 is 1.96 bits per heavy atom. The van der Waals surface area contributed by atoms with Gasteiger partial charge < -0.3 is 15.1 Å². The van der Waals surface area contributed by atoms with Crippen molar-refractivity contribution in [3.05, 3.63) is 52.2 Å². The third-order valence-corrected chi connectivity index (χ3v) is 5.24. The summed E-state index contributed by atoms with van der Waals surface area (Å²) >= 11 is 1.38. The first kappa shape index (κ1) is 14.9. The standard InChI is InChI=1S/C17H15N3O3S/c21-15-13-10-19(17(23)14-6-3-9-24-14)7-8-20(13)16(22)11-4-1-2-5-12(11)18-15/h1-6,9,13H,7-8,10H2,(H,18,21). The van der Waals surface area contributed by atoms with Crippen molar-refractivity contribution < 1.29 is 14.4 Å².